The zero-order valence-corrected chi connectivity index (χ0v) is 13.6. The molecule has 6 nitrogen and oxygen atoms in total. The summed E-state index contributed by atoms with van der Waals surface area (Å²) in [4.78, 5) is 18.4. The van der Waals surface area contributed by atoms with Gasteiger partial charge >= 0.3 is 0 Å². The number of likely N-dealkylation sites (tertiary alicyclic amines) is 1. The zero-order valence-electron chi connectivity index (χ0n) is 12.7. The lowest BCUT2D eigenvalue weighted by atomic mass is 9.79. The maximum Gasteiger partial charge on any atom is 0.255 e. The van der Waals surface area contributed by atoms with Crippen molar-refractivity contribution in [3.8, 4) is 0 Å². The predicted molar refractivity (Wildman–Crippen MR) is 82.8 cm³/mol. The average Bonchev–Trinajstić information content (AvgIpc) is 2.91. The molecule has 7 heteroatoms. The van der Waals surface area contributed by atoms with Crippen LogP contribution in [-0.2, 0) is 10.0 Å². The molecule has 2 fully saturated rings. The molecule has 1 aromatic rings. The van der Waals surface area contributed by atoms with E-state index in [-0.39, 0.29) is 11.3 Å². The van der Waals surface area contributed by atoms with Gasteiger partial charge in [0.15, 0.2) is 0 Å². The van der Waals surface area contributed by atoms with Gasteiger partial charge in [-0.05, 0) is 31.4 Å². The molecule has 0 N–H and O–H groups in total. The molecule has 3 heterocycles. The molecule has 22 heavy (non-hydrogen) atoms. The molecule has 0 saturated carbocycles. The summed E-state index contributed by atoms with van der Waals surface area (Å²) < 4.78 is 25.0. The summed E-state index contributed by atoms with van der Waals surface area (Å²) in [6.45, 7) is 2.46. The van der Waals surface area contributed by atoms with Gasteiger partial charge in [-0.1, -0.05) is 0 Å². The number of nitrogens with zero attached hydrogens (tertiary/aromatic N) is 3. The standard InChI is InChI=1S/C15H21N3O3S/c1-22(20,21)18-9-6-15(12-18)5-3-8-17(11-15)14(19)13-4-2-7-16-10-13/h2,4,7,10H,3,5-6,8-9,11-12H2,1H3. The van der Waals surface area contributed by atoms with Crippen LogP contribution in [0.4, 0.5) is 0 Å². The van der Waals surface area contributed by atoms with Crippen LogP contribution in [0.1, 0.15) is 29.6 Å². The summed E-state index contributed by atoms with van der Waals surface area (Å²) >= 11 is 0. The molecule has 1 aromatic heterocycles. The number of hydrogen-bond acceptors (Lipinski definition) is 4. The van der Waals surface area contributed by atoms with Crippen molar-refractivity contribution in [2.75, 3.05) is 32.4 Å². The summed E-state index contributed by atoms with van der Waals surface area (Å²) in [5, 5.41) is 0. The van der Waals surface area contributed by atoms with Crippen molar-refractivity contribution >= 4 is 15.9 Å². The van der Waals surface area contributed by atoms with Crippen molar-refractivity contribution in [3.63, 3.8) is 0 Å². The molecule has 120 valence electrons. The van der Waals surface area contributed by atoms with E-state index in [1.165, 1.54) is 6.26 Å². The molecule has 1 amide bonds. The number of carbonyl (C=O) groups excluding carboxylic acids is 1. The molecule has 0 radical (unpaired) electrons. The fourth-order valence-electron chi connectivity index (χ4n) is 3.56. The highest BCUT2D eigenvalue weighted by atomic mass is 32.2. The highest BCUT2D eigenvalue weighted by molar-refractivity contribution is 7.88. The fourth-order valence-corrected chi connectivity index (χ4v) is 4.49. The number of rotatable bonds is 2. The Kier molecular flexibility index (Phi) is 3.94. The van der Waals surface area contributed by atoms with Crippen molar-refractivity contribution < 1.29 is 13.2 Å². The van der Waals surface area contributed by atoms with Gasteiger partial charge in [-0.3, -0.25) is 9.78 Å². The molecule has 2 aliphatic rings. The van der Waals surface area contributed by atoms with E-state index in [4.69, 9.17) is 0 Å². The van der Waals surface area contributed by atoms with Crippen LogP contribution in [0.15, 0.2) is 24.5 Å². The Labute approximate surface area is 131 Å². The van der Waals surface area contributed by atoms with Gasteiger partial charge in [0.1, 0.15) is 0 Å². The SMILES string of the molecule is CS(=O)(=O)N1CCC2(CCCN(C(=O)c3cccnc3)C2)C1. The Morgan fingerprint density at radius 2 is 2.09 bits per heavy atom. The molecular weight excluding hydrogens is 302 g/mol. The lowest BCUT2D eigenvalue weighted by molar-refractivity contribution is 0.0543. The molecule has 1 unspecified atom stereocenters. The van der Waals surface area contributed by atoms with Gasteiger partial charge in [0.2, 0.25) is 10.0 Å². The molecule has 0 aliphatic carbocycles. The van der Waals surface area contributed by atoms with Gasteiger partial charge in [-0.2, -0.15) is 0 Å². The zero-order chi connectivity index (χ0) is 15.8. The van der Waals surface area contributed by atoms with Gasteiger partial charge in [-0.15, -0.1) is 0 Å². The number of carbonyl (C=O) groups is 1. The summed E-state index contributed by atoms with van der Waals surface area (Å²) in [6.07, 6.45) is 7.22. The quantitative estimate of drug-likeness (QED) is 0.813. The van der Waals surface area contributed by atoms with Crippen LogP contribution in [0.5, 0.6) is 0 Å². The van der Waals surface area contributed by atoms with Crippen LogP contribution in [0, 0.1) is 5.41 Å². The summed E-state index contributed by atoms with van der Waals surface area (Å²) in [7, 11) is -3.15. The molecular formula is C15H21N3O3S. The van der Waals surface area contributed by atoms with Gasteiger partial charge in [0.25, 0.3) is 5.91 Å². The maximum atomic E-state index is 12.6. The van der Waals surface area contributed by atoms with Crippen LogP contribution in [0.3, 0.4) is 0 Å². The number of piperidine rings is 1. The van der Waals surface area contributed by atoms with E-state index in [1.54, 1.807) is 28.8 Å². The monoisotopic (exact) mass is 323 g/mol. The lowest BCUT2D eigenvalue weighted by Gasteiger charge is -2.40. The minimum absolute atomic E-state index is 0.00928. The largest absolute Gasteiger partial charge is 0.338 e. The summed E-state index contributed by atoms with van der Waals surface area (Å²) in [6, 6.07) is 3.53. The Bertz CT molecular complexity index is 662. The first-order valence-electron chi connectivity index (χ1n) is 7.54. The van der Waals surface area contributed by atoms with Crippen molar-refractivity contribution in [3.05, 3.63) is 30.1 Å². The first-order valence-corrected chi connectivity index (χ1v) is 9.39. The van der Waals surface area contributed by atoms with E-state index in [0.29, 0.717) is 25.2 Å². The molecule has 0 aromatic carbocycles. The number of aromatic nitrogens is 1. The number of amides is 1. The molecule has 2 aliphatic heterocycles. The minimum atomic E-state index is -3.15. The highest BCUT2D eigenvalue weighted by Crippen LogP contribution is 2.40. The lowest BCUT2D eigenvalue weighted by Crippen LogP contribution is -2.47. The molecule has 1 atom stereocenters. The minimum Gasteiger partial charge on any atom is -0.338 e. The summed E-state index contributed by atoms with van der Waals surface area (Å²) in [5.74, 6) is -0.00928. The van der Waals surface area contributed by atoms with Crippen molar-refractivity contribution in [2.45, 2.75) is 19.3 Å². The van der Waals surface area contributed by atoms with Crippen LogP contribution in [0.25, 0.3) is 0 Å². The van der Waals surface area contributed by atoms with E-state index in [1.807, 2.05) is 4.90 Å². The summed E-state index contributed by atoms with van der Waals surface area (Å²) in [5.41, 5.74) is 0.511. The van der Waals surface area contributed by atoms with Crippen LogP contribution < -0.4 is 0 Å². The van der Waals surface area contributed by atoms with E-state index in [2.05, 4.69) is 4.98 Å². The van der Waals surface area contributed by atoms with E-state index < -0.39 is 10.0 Å². The van der Waals surface area contributed by atoms with Gasteiger partial charge in [-0.25, -0.2) is 12.7 Å². The van der Waals surface area contributed by atoms with E-state index in [0.717, 1.165) is 25.8 Å². The topological polar surface area (TPSA) is 70.6 Å². The third-order valence-electron chi connectivity index (χ3n) is 4.73. The van der Waals surface area contributed by atoms with Gasteiger partial charge in [0.05, 0.1) is 11.8 Å². The average molecular weight is 323 g/mol. The van der Waals surface area contributed by atoms with E-state index in [9.17, 15) is 13.2 Å². The molecule has 0 bridgehead atoms. The fraction of sp³-hybridized carbons (Fsp3) is 0.600. The van der Waals surface area contributed by atoms with Crippen LogP contribution >= 0.6 is 0 Å². The number of hydrogen-bond donors (Lipinski definition) is 0. The first-order chi connectivity index (χ1) is 10.4. The van der Waals surface area contributed by atoms with Crippen molar-refractivity contribution in [2.24, 2.45) is 5.41 Å². The molecule has 1 spiro atoms. The predicted octanol–water partition coefficient (Wildman–Crippen LogP) is 0.969. The third kappa shape index (κ3) is 3.01. The Morgan fingerprint density at radius 1 is 1.27 bits per heavy atom. The van der Waals surface area contributed by atoms with Crippen molar-refractivity contribution in [1.29, 1.82) is 0 Å². The van der Waals surface area contributed by atoms with Gasteiger partial charge < -0.3 is 4.90 Å². The number of sulfonamides is 1. The second-order valence-corrected chi connectivity index (χ2v) is 8.40. The normalized spacial score (nSPS) is 26.5. The highest BCUT2D eigenvalue weighted by Gasteiger charge is 2.44. The Hall–Kier alpha value is -1.47. The smallest absolute Gasteiger partial charge is 0.255 e. The Balaban J connectivity index is 1.74. The number of pyridine rings is 1. The van der Waals surface area contributed by atoms with E-state index >= 15 is 0 Å². The van der Waals surface area contributed by atoms with Crippen LogP contribution in [-0.4, -0.2) is 60.9 Å². The molecule has 3 rings (SSSR count). The first kappa shape index (κ1) is 15.4. The second-order valence-electron chi connectivity index (χ2n) is 6.42. The van der Waals surface area contributed by atoms with Crippen LogP contribution in [0.2, 0.25) is 0 Å². The third-order valence-corrected chi connectivity index (χ3v) is 5.98. The van der Waals surface area contributed by atoms with Gasteiger partial charge in [0, 0.05) is 44.0 Å². The second kappa shape index (κ2) is 5.62. The Morgan fingerprint density at radius 3 is 2.73 bits per heavy atom. The van der Waals surface area contributed by atoms with Crippen molar-refractivity contribution in [1.82, 2.24) is 14.2 Å². The maximum absolute atomic E-state index is 12.6. The molecule has 2 saturated heterocycles.